The minimum absolute atomic E-state index is 0.0887. The molecule has 142 valence electrons. The smallest absolute Gasteiger partial charge is 0.241 e. The van der Waals surface area contributed by atoms with E-state index in [0.29, 0.717) is 11.9 Å². The Kier molecular flexibility index (Phi) is 4.61. The van der Waals surface area contributed by atoms with Gasteiger partial charge in [0.2, 0.25) is 10.0 Å². The number of pyridine rings is 1. The molecular weight excluding hydrogens is 362 g/mol. The molecule has 0 spiro atoms. The summed E-state index contributed by atoms with van der Waals surface area (Å²) >= 11 is 0. The van der Waals surface area contributed by atoms with Crippen molar-refractivity contribution in [3.05, 3.63) is 48.4 Å². The molecule has 0 saturated carbocycles. The zero-order valence-corrected chi connectivity index (χ0v) is 16.1. The molecule has 1 aromatic carbocycles. The second kappa shape index (κ2) is 6.94. The van der Waals surface area contributed by atoms with Gasteiger partial charge in [0.25, 0.3) is 0 Å². The van der Waals surface area contributed by atoms with Gasteiger partial charge < -0.3 is 9.47 Å². The number of primary sulfonamides is 1. The highest BCUT2D eigenvalue weighted by atomic mass is 32.2. The molecule has 0 atom stereocenters. The number of fused-ring (bicyclic) bond motifs is 1. The van der Waals surface area contributed by atoms with Crippen LogP contribution in [0.25, 0.3) is 11.0 Å². The molecule has 2 aromatic heterocycles. The summed E-state index contributed by atoms with van der Waals surface area (Å²) < 4.78 is 26.1. The van der Waals surface area contributed by atoms with E-state index in [1.54, 1.807) is 12.3 Å². The summed E-state index contributed by atoms with van der Waals surface area (Å²) in [7, 11) is -3.80. The molecule has 1 aliphatic heterocycles. The third-order valence-electron chi connectivity index (χ3n) is 5.17. The number of nitrogens with two attached hydrogens (primary N) is 1. The number of hydrogen-bond acceptors (Lipinski definition) is 5. The fraction of sp³-hybridized carbons (Fsp3) is 0.368. The van der Waals surface area contributed by atoms with Gasteiger partial charge in [0, 0.05) is 31.7 Å². The first-order valence-electron chi connectivity index (χ1n) is 9.17. The number of rotatable bonds is 4. The van der Waals surface area contributed by atoms with Crippen LogP contribution >= 0.6 is 0 Å². The van der Waals surface area contributed by atoms with Crippen LogP contribution in [0, 0.1) is 0 Å². The number of aryl methyl sites for hydroxylation is 1. The summed E-state index contributed by atoms with van der Waals surface area (Å²) in [5.74, 6) is 1.54. The van der Waals surface area contributed by atoms with Crippen molar-refractivity contribution in [2.75, 3.05) is 18.0 Å². The third kappa shape index (κ3) is 3.30. The summed E-state index contributed by atoms with van der Waals surface area (Å²) in [4.78, 5) is 11.2. The maximum absolute atomic E-state index is 11.9. The van der Waals surface area contributed by atoms with E-state index in [4.69, 9.17) is 10.1 Å². The van der Waals surface area contributed by atoms with Crippen LogP contribution in [-0.2, 0) is 16.4 Å². The highest BCUT2D eigenvalue weighted by Gasteiger charge is 2.27. The SMILES string of the molecule is CCc1nc2ccccc2n1C1CCN(c2ncccc2S(N)(=O)=O)CC1. The molecule has 1 aliphatic rings. The molecule has 7 nitrogen and oxygen atoms in total. The van der Waals surface area contributed by atoms with Gasteiger partial charge in [-0.25, -0.2) is 23.5 Å². The number of benzene rings is 1. The molecule has 3 heterocycles. The predicted octanol–water partition coefficient (Wildman–Crippen LogP) is 2.48. The van der Waals surface area contributed by atoms with Gasteiger partial charge in [0.15, 0.2) is 0 Å². The number of aromatic nitrogens is 3. The lowest BCUT2D eigenvalue weighted by Crippen LogP contribution is -2.36. The molecule has 0 unspecified atom stereocenters. The third-order valence-corrected chi connectivity index (χ3v) is 6.10. The molecule has 0 bridgehead atoms. The Morgan fingerprint density at radius 3 is 2.59 bits per heavy atom. The van der Waals surface area contributed by atoms with Gasteiger partial charge in [0.1, 0.15) is 16.5 Å². The minimum atomic E-state index is -3.80. The molecule has 2 N–H and O–H groups in total. The van der Waals surface area contributed by atoms with E-state index in [0.717, 1.165) is 49.2 Å². The van der Waals surface area contributed by atoms with E-state index >= 15 is 0 Å². The quantitative estimate of drug-likeness (QED) is 0.745. The van der Waals surface area contributed by atoms with Crippen molar-refractivity contribution in [2.45, 2.75) is 37.1 Å². The Morgan fingerprint density at radius 2 is 1.89 bits per heavy atom. The highest BCUT2D eigenvalue weighted by Crippen LogP contribution is 2.32. The fourth-order valence-corrected chi connectivity index (χ4v) is 4.63. The van der Waals surface area contributed by atoms with Gasteiger partial charge in [-0.15, -0.1) is 0 Å². The average molecular weight is 385 g/mol. The van der Waals surface area contributed by atoms with Crippen molar-refractivity contribution >= 4 is 26.9 Å². The average Bonchev–Trinajstić information content (AvgIpc) is 3.06. The van der Waals surface area contributed by atoms with Gasteiger partial charge >= 0.3 is 0 Å². The van der Waals surface area contributed by atoms with Gasteiger partial charge in [0.05, 0.1) is 11.0 Å². The Balaban J connectivity index is 1.61. The van der Waals surface area contributed by atoms with Gasteiger partial charge in [-0.2, -0.15) is 0 Å². The van der Waals surface area contributed by atoms with Crippen LogP contribution < -0.4 is 10.0 Å². The largest absolute Gasteiger partial charge is 0.355 e. The lowest BCUT2D eigenvalue weighted by Gasteiger charge is -2.34. The lowest BCUT2D eigenvalue weighted by atomic mass is 10.0. The van der Waals surface area contributed by atoms with Crippen LogP contribution in [0.3, 0.4) is 0 Å². The Labute approximate surface area is 158 Å². The number of hydrogen-bond donors (Lipinski definition) is 1. The van der Waals surface area contributed by atoms with Crippen LogP contribution in [0.4, 0.5) is 5.82 Å². The van der Waals surface area contributed by atoms with Crippen LogP contribution in [0.1, 0.15) is 31.6 Å². The topological polar surface area (TPSA) is 94.1 Å². The molecule has 8 heteroatoms. The molecule has 3 aromatic rings. The number of anilines is 1. The molecule has 27 heavy (non-hydrogen) atoms. The van der Waals surface area contributed by atoms with Gasteiger partial charge in [-0.1, -0.05) is 19.1 Å². The molecular formula is C19H23N5O2S. The molecule has 0 aliphatic carbocycles. The molecule has 1 saturated heterocycles. The molecule has 4 rings (SSSR count). The molecule has 0 radical (unpaired) electrons. The first-order chi connectivity index (χ1) is 13.0. The number of sulfonamides is 1. The second-order valence-corrected chi connectivity index (χ2v) is 8.36. The number of para-hydroxylation sites is 2. The van der Waals surface area contributed by atoms with Crippen LogP contribution in [0.5, 0.6) is 0 Å². The number of nitrogens with zero attached hydrogens (tertiary/aromatic N) is 4. The van der Waals surface area contributed by atoms with E-state index in [1.165, 1.54) is 6.07 Å². The standard InChI is InChI=1S/C19H23N5O2S/c1-2-18-22-15-6-3-4-7-16(15)24(18)14-9-12-23(13-10-14)19-17(27(20,25)26)8-5-11-21-19/h3-8,11,14H,2,9-10,12-13H2,1H3,(H2,20,25,26). The Bertz CT molecular complexity index is 1070. The Morgan fingerprint density at radius 1 is 1.15 bits per heavy atom. The van der Waals surface area contributed by atoms with E-state index in [9.17, 15) is 8.42 Å². The lowest BCUT2D eigenvalue weighted by molar-refractivity contribution is 0.393. The minimum Gasteiger partial charge on any atom is -0.355 e. The van der Waals surface area contributed by atoms with E-state index in [2.05, 4.69) is 22.5 Å². The summed E-state index contributed by atoms with van der Waals surface area (Å²) in [5, 5.41) is 5.36. The van der Waals surface area contributed by atoms with Crippen LogP contribution in [0.2, 0.25) is 0 Å². The first-order valence-corrected chi connectivity index (χ1v) is 10.7. The van der Waals surface area contributed by atoms with Crippen molar-refractivity contribution in [1.82, 2.24) is 14.5 Å². The molecule has 0 amide bonds. The molecule has 1 fully saturated rings. The summed E-state index contributed by atoms with van der Waals surface area (Å²) in [6.07, 6.45) is 4.28. The zero-order chi connectivity index (χ0) is 19.0. The zero-order valence-electron chi connectivity index (χ0n) is 15.2. The monoisotopic (exact) mass is 385 g/mol. The summed E-state index contributed by atoms with van der Waals surface area (Å²) in [6.45, 7) is 3.57. The van der Waals surface area contributed by atoms with E-state index in [1.807, 2.05) is 23.1 Å². The fourth-order valence-electron chi connectivity index (χ4n) is 3.93. The van der Waals surface area contributed by atoms with Gasteiger partial charge in [-0.3, -0.25) is 0 Å². The maximum atomic E-state index is 11.9. The first kappa shape index (κ1) is 17.9. The number of imidazole rings is 1. The highest BCUT2D eigenvalue weighted by molar-refractivity contribution is 7.89. The van der Waals surface area contributed by atoms with Crippen LogP contribution in [0.15, 0.2) is 47.5 Å². The Hall–Kier alpha value is -2.45. The number of piperidine rings is 1. The van der Waals surface area contributed by atoms with E-state index < -0.39 is 10.0 Å². The van der Waals surface area contributed by atoms with Crippen LogP contribution in [-0.4, -0.2) is 36.0 Å². The summed E-state index contributed by atoms with van der Waals surface area (Å²) in [5.41, 5.74) is 2.19. The van der Waals surface area contributed by atoms with E-state index in [-0.39, 0.29) is 4.90 Å². The van der Waals surface area contributed by atoms with Crippen molar-refractivity contribution < 1.29 is 8.42 Å². The predicted molar refractivity (Wildman–Crippen MR) is 105 cm³/mol. The van der Waals surface area contributed by atoms with Crippen molar-refractivity contribution in [3.8, 4) is 0 Å². The maximum Gasteiger partial charge on any atom is 0.241 e. The summed E-state index contributed by atoms with van der Waals surface area (Å²) in [6, 6.07) is 11.7. The van der Waals surface area contributed by atoms with Crippen molar-refractivity contribution in [2.24, 2.45) is 5.14 Å². The van der Waals surface area contributed by atoms with Crippen molar-refractivity contribution in [3.63, 3.8) is 0 Å². The van der Waals surface area contributed by atoms with Crippen molar-refractivity contribution in [1.29, 1.82) is 0 Å². The normalized spacial score (nSPS) is 16.1. The second-order valence-electron chi connectivity index (χ2n) is 6.83. The van der Waals surface area contributed by atoms with Gasteiger partial charge in [-0.05, 0) is 37.1 Å².